The second-order valence-electron chi connectivity index (χ2n) is 7.07. The van der Waals surface area contributed by atoms with E-state index >= 15 is 0 Å². The van der Waals surface area contributed by atoms with Gasteiger partial charge in [-0.05, 0) is 49.1 Å². The predicted molar refractivity (Wildman–Crippen MR) is 117 cm³/mol. The summed E-state index contributed by atoms with van der Waals surface area (Å²) < 4.78 is 2.04. The van der Waals surface area contributed by atoms with Crippen LogP contribution in [0.5, 0.6) is 0 Å². The SMILES string of the molecule is O=C(CSc1nnc(CCc2ccccc2)n1-c1ccc(Cl)cc1)N1CCCC1. The van der Waals surface area contributed by atoms with E-state index in [4.69, 9.17) is 11.6 Å². The Morgan fingerprint density at radius 3 is 2.41 bits per heavy atom. The van der Waals surface area contributed by atoms with Gasteiger partial charge in [0, 0.05) is 30.2 Å². The number of aromatic nitrogens is 3. The molecule has 0 bridgehead atoms. The molecule has 4 rings (SSSR count). The van der Waals surface area contributed by atoms with E-state index in [1.165, 1.54) is 17.3 Å². The summed E-state index contributed by atoms with van der Waals surface area (Å²) in [6.07, 6.45) is 3.84. The Balaban J connectivity index is 1.54. The topological polar surface area (TPSA) is 51.0 Å². The molecule has 7 heteroatoms. The fraction of sp³-hybridized carbons (Fsp3) is 0.318. The molecule has 1 aliphatic heterocycles. The quantitative estimate of drug-likeness (QED) is 0.525. The molecule has 1 aliphatic rings. The number of carbonyl (C=O) groups is 1. The Morgan fingerprint density at radius 2 is 1.69 bits per heavy atom. The first-order chi connectivity index (χ1) is 14.2. The van der Waals surface area contributed by atoms with Gasteiger partial charge in [-0.15, -0.1) is 10.2 Å². The maximum Gasteiger partial charge on any atom is 0.233 e. The van der Waals surface area contributed by atoms with Crippen LogP contribution < -0.4 is 0 Å². The Hall–Kier alpha value is -2.31. The second kappa shape index (κ2) is 9.46. The largest absolute Gasteiger partial charge is 0.342 e. The molecule has 1 amide bonds. The van der Waals surface area contributed by atoms with Crippen molar-refractivity contribution in [2.75, 3.05) is 18.8 Å². The maximum atomic E-state index is 12.5. The summed E-state index contributed by atoms with van der Waals surface area (Å²) >= 11 is 7.52. The fourth-order valence-electron chi connectivity index (χ4n) is 3.49. The highest BCUT2D eigenvalue weighted by Crippen LogP contribution is 2.25. The van der Waals surface area contributed by atoms with Gasteiger partial charge in [-0.1, -0.05) is 53.7 Å². The number of hydrogen-bond acceptors (Lipinski definition) is 4. The third-order valence-electron chi connectivity index (χ3n) is 5.05. The normalized spacial score (nSPS) is 13.8. The lowest BCUT2D eigenvalue weighted by atomic mass is 10.1. The molecule has 150 valence electrons. The molecule has 1 saturated heterocycles. The van der Waals surface area contributed by atoms with E-state index < -0.39 is 0 Å². The van der Waals surface area contributed by atoms with E-state index in [1.807, 2.05) is 51.9 Å². The van der Waals surface area contributed by atoms with Gasteiger partial charge in [0.05, 0.1) is 5.75 Å². The average Bonchev–Trinajstić information content (AvgIpc) is 3.42. The highest BCUT2D eigenvalue weighted by atomic mass is 35.5. The molecule has 1 fully saturated rings. The van der Waals surface area contributed by atoms with Crippen molar-refractivity contribution < 1.29 is 4.79 Å². The zero-order chi connectivity index (χ0) is 20.1. The molecule has 0 aliphatic carbocycles. The molecule has 2 heterocycles. The first kappa shape index (κ1) is 20.0. The molecule has 0 atom stereocenters. The van der Waals surface area contributed by atoms with E-state index in [9.17, 15) is 4.79 Å². The number of halogens is 1. The number of amides is 1. The van der Waals surface area contributed by atoms with Crippen LogP contribution >= 0.6 is 23.4 Å². The summed E-state index contributed by atoms with van der Waals surface area (Å²) in [7, 11) is 0. The Bertz CT molecular complexity index is 953. The molecule has 0 saturated carbocycles. The zero-order valence-corrected chi connectivity index (χ0v) is 17.7. The van der Waals surface area contributed by atoms with Crippen molar-refractivity contribution in [1.29, 1.82) is 0 Å². The third kappa shape index (κ3) is 5.00. The minimum absolute atomic E-state index is 0.170. The van der Waals surface area contributed by atoms with Gasteiger partial charge >= 0.3 is 0 Å². The highest BCUT2D eigenvalue weighted by molar-refractivity contribution is 7.99. The lowest BCUT2D eigenvalue weighted by Gasteiger charge is -2.15. The number of likely N-dealkylation sites (tertiary alicyclic amines) is 1. The standard InChI is InChI=1S/C22H23ClN4OS/c23-18-9-11-19(12-10-18)27-20(13-8-17-6-2-1-3-7-17)24-25-22(27)29-16-21(28)26-14-4-5-15-26/h1-3,6-7,9-12H,4-5,8,13-16H2. The van der Waals surface area contributed by atoms with Crippen molar-refractivity contribution in [3.8, 4) is 5.69 Å². The Morgan fingerprint density at radius 1 is 0.966 bits per heavy atom. The van der Waals surface area contributed by atoms with Crippen molar-refractivity contribution in [2.45, 2.75) is 30.8 Å². The van der Waals surface area contributed by atoms with E-state index in [0.29, 0.717) is 10.8 Å². The molecule has 2 aromatic carbocycles. The van der Waals surface area contributed by atoms with Gasteiger partial charge in [-0.3, -0.25) is 9.36 Å². The van der Waals surface area contributed by atoms with Gasteiger partial charge in [0.2, 0.25) is 5.91 Å². The molecule has 0 spiro atoms. The van der Waals surface area contributed by atoms with Gasteiger partial charge in [0.1, 0.15) is 5.82 Å². The van der Waals surface area contributed by atoms with Gasteiger partial charge in [0.15, 0.2) is 5.16 Å². The molecule has 0 N–H and O–H groups in total. The molecule has 0 unspecified atom stereocenters. The van der Waals surface area contributed by atoms with E-state index in [1.54, 1.807) is 0 Å². The average molecular weight is 427 g/mol. The highest BCUT2D eigenvalue weighted by Gasteiger charge is 2.20. The van der Waals surface area contributed by atoms with Crippen molar-refractivity contribution in [2.24, 2.45) is 0 Å². The number of nitrogens with zero attached hydrogens (tertiary/aromatic N) is 4. The van der Waals surface area contributed by atoms with Crippen LogP contribution in [0.4, 0.5) is 0 Å². The lowest BCUT2D eigenvalue weighted by molar-refractivity contribution is -0.127. The van der Waals surface area contributed by atoms with Crippen LogP contribution in [0, 0.1) is 0 Å². The smallest absolute Gasteiger partial charge is 0.233 e. The van der Waals surface area contributed by atoms with Crippen LogP contribution in [0.3, 0.4) is 0 Å². The molecule has 29 heavy (non-hydrogen) atoms. The van der Waals surface area contributed by atoms with Crippen molar-refractivity contribution in [3.05, 3.63) is 71.0 Å². The Kier molecular flexibility index (Phi) is 6.52. The van der Waals surface area contributed by atoms with E-state index in [2.05, 4.69) is 22.3 Å². The van der Waals surface area contributed by atoms with E-state index in [0.717, 1.165) is 55.4 Å². The van der Waals surface area contributed by atoms with Crippen LogP contribution in [0.1, 0.15) is 24.2 Å². The van der Waals surface area contributed by atoms with Crippen molar-refractivity contribution in [3.63, 3.8) is 0 Å². The monoisotopic (exact) mass is 426 g/mol. The number of hydrogen-bond donors (Lipinski definition) is 0. The molecule has 1 aromatic heterocycles. The molecule has 5 nitrogen and oxygen atoms in total. The minimum atomic E-state index is 0.170. The van der Waals surface area contributed by atoms with Crippen molar-refractivity contribution in [1.82, 2.24) is 19.7 Å². The van der Waals surface area contributed by atoms with Crippen LogP contribution in [0.2, 0.25) is 5.02 Å². The first-order valence-electron chi connectivity index (χ1n) is 9.85. The van der Waals surface area contributed by atoms with Gasteiger partial charge < -0.3 is 4.90 Å². The number of rotatable bonds is 7. The van der Waals surface area contributed by atoms with Crippen LogP contribution in [-0.4, -0.2) is 44.4 Å². The summed E-state index contributed by atoms with van der Waals surface area (Å²) in [5, 5.41) is 10.3. The summed E-state index contributed by atoms with van der Waals surface area (Å²) in [5.74, 6) is 1.43. The second-order valence-corrected chi connectivity index (χ2v) is 8.45. The van der Waals surface area contributed by atoms with Gasteiger partial charge in [0.25, 0.3) is 0 Å². The van der Waals surface area contributed by atoms with Crippen LogP contribution in [0.15, 0.2) is 59.8 Å². The van der Waals surface area contributed by atoms with Crippen LogP contribution in [-0.2, 0) is 17.6 Å². The number of thioether (sulfide) groups is 1. The number of carbonyl (C=O) groups excluding carboxylic acids is 1. The van der Waals surface area contributed by atoms with Crippen LogP contribution in [0.25, 0.3) is 5.69 Å². The Labute approximate surface area is 180 Å². The van der Waals surface area contributed by atoms with Gasteiger partial charge in [-0.25, -0.2) is 0 Å². The van der Waals surface area contributed by atoms with Crippen molar-refractivity contribution >= 4 is 29.3 Å². The summed E-state index contributed by atoms with van der Waals surface area (Å²) in [6.45, 7) is 1.73. The molecule has 3 aromatic rings. The zero-order valence-electron chi connectivity index (χ0n) is 16.1. The summed E-state index contributed by atoms with van der Waals surface area (Å²) in [6, 6.07) is 18.0. The lowest BCUT2D eigenvalue weighted by Crippen LogP contribution is -2.29. The third-order valence-corrected chi connectivity index (χ3v) is 6.21. The van der Waals surface area contributed by atoms with E-state index in [-0.39, 0.29) is 5.91 Å². The predicted octanol–water partition coefficient (Wildman–Crippen LogP) is 4.42. The summed E-state index contributed by atoms with van der Waals surface area (Å²) in [5.41, 5.74) is 2.22. The number of aryl methyl sites for hydroxylation is 2. The van der Waals surface area contributed by atoms with Gasteiger partial charge in [-0.2, -0.15) is 0 Å². The fourth-order valence-corrected chi connectivity index (χ4v) is 4.49. The molecular formula is C22H23ClN4OS. The summed E-state index contributed by atoms with van der Waals surface area (Å²) in [4.78, 5) is 14.4. The first-order valence-corrected chi connectivity index (χ1v) is 11.2. The minimum Gasteiger partial charge on any atom is -0.342 e. The maximum absolute atomic E-state index is 12.5. The molecular weight excluding hydrogens is 404 g/mol. The molecule has 0 radical (unpaired) electrons. The number of benzene rings is 2.